The molecule has 0 bridgehead atoms. The average Bonchev–Trinajstić information content (AvgIpc) is 2.54. The molecule has 1 amide bonds. The molecule has 0 fully saturated rings. The number of anilines is 1. The van der Waals surface area contributed by atoms with Gasteiger partial charge in [0.05, 0.1) is 12.0 Å². The minimum absolute atomic E-state index is 0.124. The molecule has 0 saturated carbocycles. The maximum absolute atomic E-state index is 11.5. The first-order valence-electron chi connectivity index (χ1n) is 5.34. The number of nitrogens with zero attached hydrogens (tertiary/aromatic N) is 1. The first kappa shape index (κ1) is 11.1. The van der Waals surface area contributed by atoms with Gasteiger partial charge in [0.25, 0.3) is 0 Å². The van der Waals surface area contributed by atoms with Gasteiger partial charge < -0.3 is 16.4 Å². The number of fused-ring (bicyclic) bond motifs is 1. The van der Waals surface area contributed by atoms with E-state index < -0.39 is 5.54 Å². The van der Waals surface area contributed by atoms with Crippen molar-refractivity contribution in [2.75, 3.05) is 18.5 Å². The van der Waals surface area contributed by atoms with Crippen molar-refractivity contribution in [2.45, 2.75) is 18.9 Å². The van der Waals surface area contributed by atoms with E-state index in [1.54, 1.807) is 11.9 Å². The van der Waals surface area contributed by atoms with E-state index in [0.717, 1.165) is 16.8 Å². The third-order valence-electron chi connectivity index (χ3n) is 3.24. The molecule has 1 unspecified atom stereocenters. The Kier molecular flexibility index (Phi) is 2.48. The Bertz CT molecular complexity index is 440. The maximum atomic E-state index is 11.5. The van der Waals surface area contributed by atoms with Gasteiger partial charge in [0, 0.05) is 19.3 Å². The molecule has 4 N–H and O–H groups in total. The summed E-state index contributed by atoms with van der Waals surface area (Å²) in [6.45, 7) is 2.28. The van der Waals surface area contributed by atoms with Gasteiger partial charge in [-0.1, -0.05) is 12.1 Å². The van der Waals surface area contributed by atoms with Crippen molar-refractivity contribution in [3.63, 3.8) is 0 Å². The number of hydrogen-bond acceptors (Lipinski definition) is 3. The fourth-order valence-electron chi connectivity index (χ4n) is 1.94. The van der Waals surface area contributed by atoms with Crippen LogP contribution in [0.4, 0.5) is 5.69 Å². The molecule has 1 heterocycles. The summed E-state index contributed by atoms with van der Waals surface area (Å²) in [6, 6.07) is 5.88. The molecule has 4 nitrogen and oxygen atoms in total. The Labute approximate surface area is 95.2 Å². The molecule has 0 aromatic heterocycles. The van der Waals surface area contributed by atoms with E-state index in [-0.39, 0.29) is 5.91 Å². The second-order valence-electron chi connectivity index (χ2n) is 4.59. The number of hydrogen-bond donors (Lipinski definition) is 2. The molecule has 2 rings (SSSR count). The molecular formula is C12H17N3O. The van der Waals surface area contributed by atoms with Gasteiger partial charge in [-0.2, -0.15) is 0 Å². The number of amides is 1. The summed E-state index contributed by atoms with van der Waals surface area (Å²) in [4.78, 5) is 13.2. The Morgan fingerprint density at radius 1 is 1.50 bits per heavy atom. The van der Waals surface area contributed by atoms with Crippen LogP contribution in [0.1, 0.15) is 18.1 Å². The van der Waals surface area contributed by atoms with Crippen molar-refractivity contribution in [3.8, 4) is 0 Å². The number of benzene rings is 1. The number of rotatable bonds is 2. The molecule has 4 heteroatoms. The lowest BCUT2D eigenvalue weighted by molar-refractivity contribution is -0.117. The first-order valence-corrected chi connectivity index (χ1v) is 5.34. The normalized spacial score (nSPS) is 18.5. The van der Waals surface area contributed by atoms with E-state index in [1.807, 2.05) is 25.1 Å². The van der Waals surface area contributed by atoms with Crippen LogP contribution in [0.5, 0.6) is 0 Å². The van der Waals surface area contributed by atoms with Crippen LogP contribution in [0.25, 0.3) is 0 Å². The molecule has 0 aliphatic carbocycles. The van der Waals surface area contributed by atoms with Crippen molar-refractivity contribution in [2.24, 2.45) is 11.5 Å². The highest BCUT2D eigenvalue weighted by molar-refractivity contribution is 6.00. The molecule has 0 radical (unpaired) electrons. The Hall–Kier alpha value is -1.39. The number of nitrogens with two attached hydrogens (primary N) is 2. The summed E-state index contributed by atoms with van der Waals surface area (Å²) in [6.07, 6.45) is 0.459. The van der Waals surface area contributed by atoms with Crippen LogP contribution in [0.2, 0.25) is 0 Å². The van der Waals surface area contributed by atoms with E-state index in [4.69, 9.17) is 11.5 Å². The standard InChI is InChI=1S/C12H17N3O/c1-12(14,7-13)9-3-4-10-8(5-9)6-11(16)15(10)2/h3-5H,6-7,13-14H2,1-2H3. The van der Waals surface area contributed by atoms with Gasteiger partial charge in [-0.25, -0.2) is 0 Å². The fraction of sp³-hybridized carbons (Fsp3) is 0.417. The highest BCUT2D eigenvalue weighted by atomic mass is 16.2. The van der Waals surface area contributed by atoms with Gasteiger partial charge in [0.2, 0.25) is 5.91 Å². The third kappa shape index (κ3) is 1.60. The first-order chi connectivity index (χ1) is 7.45. The number of carbonyl (C=O) groups is 1. The van der Waals surface area contributed by atoms with Gasteiger partial charge in [-0.05, 0) is 24.1 Å². The lowest BCUT2D eigenvalue weighted by Gasteiger charge is -2.24. The number of carbonyl (C=O) groups excluding carboxylic acids is 1. The van der Waals surface area contributed by atoms with Gasteiger partial charge in [-0.3, -0.25) is 4.79 Å². The summed E-state index contributed by atoms with van der Waals surface area (Å²) < 4.78 is 0. The zero-order chi connectivity index (χ0) is 11.9. The summed E-state index contributed by atoms with van der Waals surface area (Å²) >= 11 is 0. The monoisotopic (exact) mass is 219 g/mol. The van der Waals surface area contributed by atoms with Crippen LogP contribution >= 0.6 is 0 Å². The average molecular weight is 219 g/mol. The maximum Gasteiger partial charge on any atom is 0.231 e. The van der Waals surface area contributed by atoms with Crippen molar-refractivity contribution < 1.29 is 4.79 Å². The minimum Gasteiger partial charge on any atom is -0.328 e. The molecule has 1 aromatic carbocycles. The molecule has 86 valence electrons. The van der Waals surface area contributed by atoms with E-state index in [1.165, 1.54) is 0 Å². The third-order valence-corrected chi connectivity index (χ3v) is 3.24. The lowest BCUT2D eigenvalue weighted by atomic mass is 9.91. The Morgan fingerprint density at radius 3 is 2.81 bits per heavy atom. The predicted octanol–water partition coefficient (Wildman–Crippen LogP) is 0.338. The summed E-state index contributed by atoms with van der Waals surface area (Å²) in [5.41, 5.74) is 14.2. The molecule has 0 saturated heterocycles. The molecule has 1 aliphatic rings. The molecule has 1 aliphatic heterocycles. The topological polar surface area (TPSA) is 72.3 Å². The Balaban J connectivity index is 2.43. The summed E-state index contributed by atoms with van der Waals surface area (Å²) in [7, 11) is 1.79. The fourth-order valence-corrected chi connectivity index (χ4v) is 1.94. The van der Waals surface area contributed by atoms with Crippen molar-refractivity contribution in [1.82, 2.24) is 0 Å². The van der Waals surface area contributed by atoms with Gasteiger partial charge in [0.1, 0.15) is 0 Å². The van der Waals surface area contributed by atoms with Crippen LogP contribution in [-0.4, -0.2) is 19.5 Å². The van der Waals surface area contributed by atoms with Gasteiger partial charge in [-0.15, -0.1) is 0 Å². The zero-order valence-electron chi connectivity index (χ0n) is 9.66. The van der Waals surface area contributed by atoms with Gasteiger partial charge >= 0.3 is 0 Å². The summed E-state index contributed by atoms with van der Waals surface area (Å²) in [5.74, 6) is 0.124. The molecule has 1 atom stereocenters. The molecule has 16 heavy (non-hydrogen) atoms. The van der Waals surface area contributed by atoms with Crippen LogP contribution in [-0.2, 0) is 16.8 Å². The van der Waals surface area contributed by atoms with Crippen LogP contribution in [0.15, 0.2) is 18.2 Å². The van der Waals surface area contributed by atoms with Crippen LogP contribution in [0, 0.1) is 0 Å². The second-order valence-corrected chi connectivity index (χ2v) is 4.59. The predicted molar refractivity (Wildman–Crippen MR) is 64.1 cm³/mol. The van der Waals surface area contributed by atoms with Crippen molar-refractivity contribution in [1.29, 1.82) is 0 Å². The van der Waals surface area contributed by atoms with Crippen LogP contribution in [0.3, 0.4) is 0 Å². The molecule has 1 aromatic rings. The van der Waals surface area contributed by atoms with E-state index in [9.17, 15) is 4.79 Å². The second kappa shape index (κ2) is 3.57. The Morgan fingerprint density at radius 2 is 2.19 bits per heavy atom. The largest absolute Gasteiger partial charge is 0.328 e. The van der Waals surface area contributed by atoms with Crippen molar-refractivity contribution >= 4 is 11.6 Å². The highest BCUT2D eigenvalue weighted by Crippen LogP contribution is 2.30. The summed E-state index contributed by atoms with van der Waals surface area (Å²) in [5, 5.41) is 0. The van der Waals surface area contributed by atoms with Crippen LogP contribution < -0.4 is 16.4 Å². The van der Waals surface area contributed by atoms with Gasteiger partial charge in [0.15, 0.2) is 0 Å². The lowest BCUT2D eigenvalue weighted by Crippen LogP contribution is -2.40. The highest BCUT2D eigenvalue weighted by Gasteiger charge is 2.27. The number of likely N-dealkylation sites (N-methyl/N-ethyl adjacent to an activating group) is 1. The van der Waals surface area contributed by atoms with Crippen molar-refractivity contribution in [3.05, 3.63) is 29.3 Å². The smallest absolute Gasteiger partial charge is 0.231 e. The minimum atomic E-state index is -0.529. The molecular weight excluding hydrogens is 202 g/mol. The van der Waals surface area contributed by atoms with E-state index >= 15 is 0 Å². The SMILES string of the molecule is CN1C(=O)Cc2cc(C(C)(N)CN)ccc21. The quantitative estimate of drug-likeness (QED) is 0.753. The van der Waals surface area contributed by atoms with E-state index in [0.29, 0.717) is 13.0 Å². The van der Waals surface area contributed by atoms with E-state index in [2.05, 4.69) is 0 Å². The molecule has 0 spiro atoms. The zero-order valence-corrected chi connectivity index (χ0v) is 9.66.